The van der Waals surface area contributed by atoms with Gasteiger partial charge in [0.25, 0.3) is 0 Å². The van der Waals surface area contributed by atoms with Gasteiger partial charge < -0.3 is 10.6 Å². The third-order valence-electron chi connectivity index (χ3n) is 5.19. The number of nitrogens with zero attached hydrogens (tertiary/aromatic N) is 1. The average Bonchev–Trinajstić information content (AvgIpc) is 3.16. The third kappa shape index (κ3) is 4.24. The van der Waals surface area contributed by atoms with Crippen molar-refractivity contribution in [1.82, 2.24) is 14.9 Å². The second kappa shape index (κ2) is 8.02. The van der Waals surface area contributed by atoms with E-state index in [-0.39, 0.29) is 22.8 Å². The van der Waals surface area contributed by atoms with Crippen molar-refractivity contribution in [3.05, 3.63) is 29.6 Å². The van der Waals surface area contributed by atoms with E-state index >= 15 is 0 Å². The van der Waals surface area contributed by atoms with E-state index < -0.39 is 15.8 Å². The lowest BCUT2D eigenvalue weighted by molar-refractivity contribution is -0.123. The second-order valence-electron chi connectivity index (χ2n) is 7.18. The topological polar surface area (TPSA) is 78.5 Å². The molecule has 2 atom stereocenters. The second-order valence-corrected chi connectivity index (χ2v) is 9.08. The number of hydrogen-bond acceptors (Lipinski definition) is 4. The summed E-state index contributed by atoms with van der Waals surface area (Å²) >= 11 is 0. The number of benzene rings is 1. The van der Waals surface area contributed by atoms with Crippen LogP contribution < -0.4 is 10.6 Å². The Hall–Kier alpha value is -1.51. The van der Waals surface area contributed by atoms with Crippen LogP contribution in [0.25, 0.3) is 0 Å². The molecule has 1 aromatic carbocycles. The van der Waals surface area contributed by atoms with Crippen LogP contribution in [0.2, 0.25) is 0 Å². The first kappa shape index (κ1) is 19.3. The fourth-order valence-corrected chi connectivity index (χ4v) is 5.47. The molecular weight excluding hydrogens is 357 g/mol. The molecular formula is C18H26FN3O3S. The number of hydrogen-bond donors (Lipinski definition) is 2. The number of aryl methyl sites for hydroxylation is 1. The smallest absolute Gasteiger partial charge is 0.243 e. The molecule has 8 heteroatoms. The standard InChI is InChI=1S/C18H26FN3O3S/c1-13-6-7-15(19)10-17(13)26(24,25)22-9-3-4-14(12-22)11-21-18(23)16-5-2-8-20-16/h6-7,10,14,16,20H,2-5,8-9,11-12H2,1H3,(H,21,23). The number of carbonyl (C=O) groups is 1. The van der Waals surface area contributed by atoms with Crippen molar-refractivity contribution in [3.63, 3.8) is 0 Å². The van der Waals surface area contributed by atoms with Crippen LogP contribution in [0.4, 0.5) is 4.39 Å². The Kier molecular flexibility index (Phi) is 5.94. The molecule has 0 aromatic heterocycles. The highest BCUT2D eigenvalue weighted by atomic mass is 32.2. The minimum absolute atomic E-state index is 0.0107. The van der Waals surface area contributed by atoms with Gasteiger partial charge in [0.2, 0.25) is 15.9 Å². The molecule has 2 N–H and O–H groups in total. The predicted octanol–water partition coefficient (Wildman–Crippen LogP) is 1.40. The summed E-state index contributed by atoms with van der Waals surface area (Å²) in [7, 11) is -3.73. The maximum absolute atomic E-state index is 13.5. The first-order valence-corrected chi connectivity index (χ1v) is 10.6. The van der Waals surface area contributed by atoms with Crippen LogP contribution in [0.1, 0.15) is 31.2 Å². The van der Waals surface area contributed by atoms with Crippen molar-refractivity contribution in [1.29, 1.82) is 0 Å². The zero-order chi connectivity index (χ0) is 18.7. The number of sulfonamides is 1. The number of halogens is 1. The molecule has 2 aliphatic rings. The van der Waals surface area contributed by atoms with Gasteiger partial charge in [-0.2, -0.15) is 4.31 Å². The van der Waals surface area contributed by atoms with Crippen molar-refractivity contribution < 1.29 is 17.6 Å². The van der Waals surface area contributed by atoms with Crippen LogP contribution in [0, 0.1) is 18.7 Å². The lowest BCUT2D eigenvalue weighted by atomic mass is 9.99. The third-order valence-corrected chi connectivity index (χ3v) is 7.20. The molecule has 0 saturated carbocycles. The highest BCUT2D eigenvalue weighted by Crippen LogP contribution is 2.26. The number of rotatable bonds is 5. The summed E-state index contributed by atoms with van der Waals surface area (Å²) in [5.41, 5.74) is 0.536. The van der Waals surface area contributed by atoms with E-state index in [4.69, 9.17) is 0 Å². The minimum Gasteiger partial charge on any atom is -0.354 e. The summed E-state index contributed by atoms with van der Waals surface area (Å²) in [6.45, 7) is 3.76. The summed E-state index contributed by atoms with van der Waals surface area (Å²) in [5, 5.41) is 6.10. The quantitative estimate of drug-likeness (QED) is 0.806. The Morgan fingerprint density at radius 3 is 2.88 bits per heavy atom. The van der Waals surface area contributed by atoms with Gasteiger partial charge in [-0.3, -0.25) is 4.79 Å². The maximum atomic E-state index is 13.5. The van der Waals surface area contributed by atoms with Gasteiger partial charge in [0, 0.05) is 19.6 Å². The Labute approximate surface area is 154 Å². The van der Waals surface area contributed by atoms with E-state index in [2.05, 4.69) is 10.6 Å². The Balaban J connectivity index is 1.64. The fourth-order valence-electron chi connectivity index (χ4n) is 3.68. The molecule has 2 fully saturated rings. The minimum atomic E-state index is -3.73. The highest BCUT2D eigenvalue weighted by Gasteiger charge is 2.32. The van der Waals surface area contributed by atoms with Gasteiger partial charge in [-0.05, 0) is 62.8 Å². The van der Waals surface area contributed by atoms with Crippen LogP contribution >= 0.6 is 0 Å². The van der Waals surface area contributed by atoms with Crippen molar-refractivity contribution in [2.45, 2.75) is 43.5 Å². The number of nitrogens with one attached hydrogen (secondary N) is 2. The molecule has 3 rings (SSSR count). The van der Waals surface area contributed by atoms with Gasteiger partial charge in [0.05, 0.1) is 10.9 Å². The van der Waals surface area contributed by atoms with Crippen LogP contribution in [-0.4, -0.2) is 50.9 Å². The normalized spacial score (nSPS) is 24.5. The zero-order valence-corrected chi connectivity index (χ0v) is 15.8. The van der Waals surface area contributed by atoms with Crippen molar-refractivity contribution in [2.75, 3.05) is 26.2 Å². The molecule has 1 amide bonds. The van der Waals surface area contributed by atoms with Crippen molar-refractivity contribution in [3.8, 4) is 0 Å². The molecule has 2 saturated heterocycles. The van der Waals surface area contributed by atoms with E-state index in [1.807, 2.05) is 0 Å². The summed E-state index contributed by atoms with van der Waals surface area (Å²) in [6, 6.07) is 3.70. The fraction of sp³-hybridized carbons (Fsp3) is 0.611. The van der Waals surface area contributed by atoms with E-state index in [0.717, 1.165) is 38.3 Å². The van der Waals surface area contributed by atoms with Crippen LogP contribution in [0.15, 0.2) is 23.1 Å². The van der Waals surface area contributed by atoms with Crippen LogP contribution in [0.5, 0.6) is 0 Å². The molecule has 6 nitrogen and oxygen atoms in total. The van der Waals surface area contributed by atoms with E-state index in [1.54, 1.807) is 6.92 Å². The van der Waals surface area contributed by atoms with Gasteiger partial charge in [-0.25, -0.2) is 12.8 Å². The molecule has 0 spiro atoms. The van der Waals surface area contributed by atoms with Crippen LogP contribution in [0.3, 0.4) is 0 Å². The predicted molar refractivity (Wildman–Crippen MR) is 96.7 cm³/mol. The molecule has 26 heavy (non-hydrogen) atoms. The first-order valence-electron chi connectivity index (χ1n) is 9.15. The molecule has 1 aromatic rings. The monoisotopic (exact) mass is 383 g/mol. The van der Waals surface area contributed by atoms with Crippen LogP contribution in [-0.2, 0) is 14.8 Å². The number of amides is 1. The Morgan fingerprint density at radius 1 is 1.35 bits per heavy atom. The first-order chi connectivity index (χ1) is 12.4. The van der Waals surface area contributed by atoms with Gasteiger partial charge in [0.1, 0.15) is 5.82 Å². The molecule has 0 radical (unpaired) electrons. The molecule has 144 valence electrons. The van der Waals surface area contributed by atoms with E-state index in [1.165, 1.54) is 16.4 Å². The van der Waals surface area contributed by atoms with E-state index in [0.29, 0.717) is 25.2 Å². The van der Waals surface area contributed by atoms with Gasteiger partial charge >= 0.3 is 0 Å². The van der Waals surface area contributed by atoms with Gasteiger partial charge in [-0.15, -0.1) is 0 Å². The lowest BCUT2D eigenvalue weighted by Gasteiger charge is -2.32. The zero-order valence-electron chi connectivity index (χ0n) is 15.0. The van der Waals surface area contributed by atoms with Gasteiger partial charge in [-0.1, -0.05) is 6.07 Å². The maximum Gasteiger partial charge on any atom is 0.243 e. The molecule has 0 bridgehead atoms. The SMILES string of the molecule is Cc1ccc(F)cc1S(=O)(=O)N1CCCC(CNC(=O)C2CCCN2)C1. The average molecular weight is 383 g/mol. The molecule has 2 unspecified atom stereocenters. The molecule has 2 heterocycles. The summed E-state index contributed by atoms with van der Waals surface area (Å²) in [6.07, 6.45) is 3.44. The molecule has 2 aliphatic heterocycles. The Bertz CT molecular complexity index is 763. The Morgan fingerprint density at radius 2 is 2.15 bits per heavy atom. The number of carbonyl (C=O) groups excluding carboxylic acids is 1. The van der Waals surface area contributed by atoms with E-state index in [9.17, 15) is 17.6 Å². The largest absolute Gasteiger partial charge is 0.354 e. The highest BCUT2D eigenvalue weighted by molar-refractivity contribution is 7.89. The van der Waals surface area contributed by atoms with Gasteiger partial charge in [0.15, 0.2) is 0 Å². The summed E-state index contributed by atoms with van der Waals surface area (Å²) in [4.78, 5) is 12.1. The lowest BCUT2D eigenvalue weighted by Crippen LogP contribution is -2.46. The number of piperidine rings is 1. The van der Waals surface area contributed by atoms with Crippen molar-refractivity contribution >= 4 is 15.9 Å². The van der Waals surface area contributed by atoms with Crippen molar-refractivity contribution in [2.24, 2.45) is 5.92 Å². The molecule has 0 aliphatic carbocycles. The summed E-state index contributed by atoms with van der Waals surface area (Å²) < 4.78 is 40.8. The summed E-state index contributed by atoms with van der Waals surface area (Å²) in [5.74, 6) is -0.500.